The Kier molecular flexibility index (Phi) is 9.28. The van der Waals surface area contributed by atoms with Crippen molar-refractivity contribution in [1.29, 1.82) is 0 Å². The van der Waals surface area contributed by atoms with Crippen molar-refractivity contribution >= 4 is 36.9 Å². The van der Waals surface area contributed by atoms with E-state index in [1.807, 2.05) is 4.98 Å². The van der Waals surface area contributed by atoms with Gasteiger partial charge in [0.1, 0.15) is 33.9 Å². The number of rotatable bonds is 10. The first-order valence-electron chi connectivity index (χ1n) is 11.2. The summed E-state index contributed by atoms with van der Waals surface area (Å²) in [4.78, 5) is 36.7. The van der Waals surface area contributed by atoms with E-state index >= 15 is 0 Å². The summed E-state index contributed by atoms with van der Waals surface area (Å²) in [5.41, 5.74) is -1.66. The van der Waals surface area contributed by atoms with Crippen LogP contribution >= 0.6 is 30.9 Å². The second-order valence-corrected chi connectivity index (χ2v) is 11.7. The van der Waals surface area contributed by atoms with Gasteiger partial charge in [-0.05, 0) is 39.8 Å². The maximum absolute atomic E-state index is 13.6. The molecular formula is C22H28Cl2N3O9P. The van der Waals surface area contributed by atoms with E-state index in [9.17, 15) is 24.1 Å². The van der Waals surface area contributed by atoms with E-state index in [-0.39, 0.29) is 10.8 Å². The normalized spacial score (nSPS) is 26.0. The highest BCUT2D eigenvalue weighted by molar-refractivity contribution is 7.52. The van der Waals surface area contributed by atoms with Gasteiger partial charge in [-0.1, -0.05) is 29.8 Å². The predicted octanol–water partition coefficient (Wildman–Crippen LogP) is 2.58. The van der Waals surface area contributed by atoms with Crippen molar-refractivity contribution in [3.05, 3.63) is 62.4 Å². The molecule has 12 nitrogen and oxygen atoms in total. The number of H-pyrrole nitrogens is 1. The number of ether oxygens (including phenoxy) is 2. The van der Waals surface area contributed by atoms with Gasteiger partial charge in [-0.25, -0.2) is 9.36 Å². The second-order valence-electron chi connectivity index (χ2n) is 8.80. The van der Waals surface area contributed by atoms with Crippen LogP contribution in [0.4, 0.5) is 0 Å². The van der Waals surface area contributed by atoms with Crippen LogP contribution in [0.5, 0.6) is 5.75 Å². The van der Waals surface area contributed by atoms with E-state index in [0.29, 0.717) is 0 Å². The second kappa shape index (κ2) is 11.7. The number of carbonyl (C=O) groups excluding carboxylic acids is 1. The molecular weight excluding hydrogens is 552 g/mol. The smallest absolute Gasteiger partial charge is 0.459 e. The Morgan fingerprint density at radius 3 is 2.57 bits per heavy atom. The summed E-state index contributed by atoms with van der Waals surface area (Å²) in [6, 6.07) is 7.01. The number of nitrogens with one attached hydrogen (secondary N) is 2. The van der Waals surface area contributed by atoms with E-state index in [0.717, 1.165) is 10.8 Å². The first-order chi connectivity index (χ1) is 17.2. The van der Waals surface area contributed by atoms with Crippen molar-refractivity contribution in [2.24, 2.45) is 0 Å². The molecule has 0 spiro atoms. The molecule has 1 aliphatic heterocycles. The highest BCUT2D eigenvalue weighted by atomic mass is 35.5. The quantitative estimate of drug-likeness (QED) is 0.217. The topological polar surface area (TPSA) is 158 Å². The summed E-state index contributed by atoms with van der Waals surface area (Å²) >= 11 is 12.4. The molecule has 1 fully saturated rings. The van der Waals surface area contributed by atoms with Crippen LogP contribution in [0.2, 0.25) is 5.02 Å². The van der Waals surface area contributed by atoms with Gasteiger partial charge in [-0.15, -0.1) is 11.6 Å². The first-order valence-corrected chi connectivity index (χ1v) is 13.5. The Morgan fingerprint density at radius 1 is 1.30 bits per heavy atom. The maximum atomic E-state index is 13.6. The number of aromatic amines is 1. The molecule has 0 saturated carbocycles. The summed E-state index contributed by atoms with van der Waals surface area (Å²) in [7, 11) is -4.25. The van der Waals surface area contributed by atoms with Crippen molar-refractivity contribution in [3.8, 4) is 5.75 Å². The number of para-hydroxylation sites is 1. The SMILES string of the molecule is CC(C)OC(=O)[C@@H](C)N[P@](=O)(OC[C@H]1O[C@@H](n2cc(Cl)c(=O)[nH]c2=O)[C@](C)(Cl)[C@@H]1O)Oc1ccccc1. The molecule has 1 aliphatic rings. The number of esters is 1. The van der Waals surface area contributed by atoms with Crippen LogP contribution in [-0.4, -0.2) is 56.5 Å². The maximum Gasteiger partial charge on any atom is 0.459 e. The molecule has 3 N–H and O–H groups in total. The van der Waals surface area contributed by atoms with Crippen molar-refractivity contribution in [1.82, 2.24) is 14.6 Å². The molecule has 204 valence electrons. The summed E-state index contributed by atoms with van der Waals surface area (Å²) in [6.07, 6.45) is -3.27. The van der Waals surface area contributed by atoms with Crippen LogP contribution in [0.25, 0.3) is 0 Å². The minimum absolute atomic E-state index is 0.185. The standard InChI is InChI=1S/C22H28Cl2N3O9P/c1-12(2)34-19(30)13(3)26-37(32,36-14-8-6-5-7-9-14)33-11-16-17(28)22(4,24)20(35-16)27-10-15(23)18(29)25-21(27)31/h5-10,12-13,16-17,20,28H,11H2,1-4H3,(H,26,32)(H,25,29,31)/t13-,16-,17-,20-,22-,37+/m1/s1. The minimum Gasteiger partial charge on any atom is -0.462 e. The molecule has 3 rings (SSSR count). The van der Waals surface area contributed by atoms with Crippen LogP contribution in [-0.2, 0) is 23.4 Å². The fourth-order valence-electron chi connectivity index (χ4n) is 3.49. The Labute approximate surface area is 222 Å². The molecule has 15 heteroatoms. The average Bonchev–Trinajstić information content (AvgIpc) is 3.03. The lowest BCUT2D eigenvalue weighted by molar-refractivity contribution is -0.149. The molecule has 0 radical (unpaired) electrons. The van der Waals surface area contributed by atoms with E-state index in [1.54, 1.807) is 32.0 Å². The fraction of sp³-hybridized carbons (Fsp3) is 0.500. The number of hydrogen-bond donors (Lipinski definition) is 3. The van der Waals surface area contributed by atoms with Crippen LogP contribution in [0.1, 0.15) is 33.9 Å². The summed E-state index contributed by atoms with van der Waals surface area (Å²) in [5.74, 6) is -0.500. The lowest BCUT2D eigenvalue weighted by Crippen LogP contribution is -2.43. The number of hydrogen-bond acceptors (Lipinski definition) is 9. The number of benzene rings is 1. The highest BCUT2D eigenvalue weighted by Gasteiger charge is 2.54. The van der Waals surface area contributed by atoms with Gasteiger partial charge in [0.05, 0.1) is 12.7 Å². The number of carbonyl (C=O) groups is 1. The summed E-state index contributed by atoms with van der Waals surface area (Å²) in [5, 5.41) is 13.1. The number of aliphatic hydroxyl groups is 1. The van der Waals surface area contributed by atoms with Gasteiger partial charge in [0.25, 0.3) is 5.56 Å². The van der Waals surface area contributed by atoms with Gasteiger partial charge in [0.2, 0.25) is 0 Å². The molecule has 0 aliphatic carbocycles. The average molecular weight is 580 g/mol. The lowest BCUT2D eigenvalue weighted by atomic mass is 10.0. The van der Waals surface area contributed by atoms with Crippen LogP contribution in [0.3, 0.4) is 0 Å². The van der Waals surface area contributed by atoms with Gasteiger partial charge < -0.3 is 19.1 Å². The van der Waals surface area contributed by atoms with Gasteiger partial charge in [0, 0.05) is 6.20 Å². The van der Waals surface area contributed by atoms with Gasteiger partial charge >= 0.3 is 19.4 Å². The molecule has 0 bridgehead atoms. The predicted molar refractivity (Wildman–Crippen MR) is 135 cm³/mol. The highest BCUT2D eigenvalue weighted by Crippen LogP contribution is 2.48. The molecule has 1 aromatic carbocycles. The summed E-state index contributed by atoms with van der Waals surface area (Å²) in [6.45, 7) is 5.65. The van der Waals surface area contributed by atoms with Crippen LogP contribution in [0, 0.1) is 0 Å². The fourth-order valence-corrected chi connectivity index (χ4v) is 5.44. The Morgan fingerprint density at radius 2 is 1.95 bits per heavy atom. The number of nitrogens with zero attached hydrogens (tertiary/aromatic N) is 1. The third kappa shape index (κ3) is 7.02. The molecule has 0 unspecified atom stereocenters. The number of aromatic nitrogens is 2. The zero-order chi connectivity index (χ0) is 27.5. The minimum atomic E-state index is -4.25. The van der Waals surface area contributed by atoms with E-state index in [2.05, 4.69) is 5.09 Å². The first kappa shape index (κ1) is 29.4. The Balaban J connectivity index is 1.82. The molecule has 1 saturated heterocycles. The summed E-state index contributed by atoms with van der Waals surface area (Å²) < 4.78 is 36.6. The van der Waals surface area contributed by atoms with Crippen molar-refractivity contribution in [2.45, 2.75) is 63.2 Å². The lowest BCUT2D eigenvalue weighted by Gasteiger charge is -2.26. The molecule has 0 amide bonds. The van der Waals surface area contributed by atoms with Crippen molar-refractivity contribution in [2.75, 3.05) is 6.61 Å². The number of alkyl halides is 1. The number of halogens is 2. The van der Waals surface area contributed by atoms with Crippen molar-refractivity contribution in [3.63, 3.8) is 0 Å². The van der Waals surface area contributed by atoms with Crippen LogP contribution in [0.15, 0.2) is 46.1 Å². The zero-order valence-electron chi connectivity index (χ0n) is 20.4. The van der Waals surface area contributed by atoms with Crippen molar-refractivity contribution < 1.29 is 33.0 Å². The van der Waals surface area contributed by atoms with Gasteiger partial charge in [-0.2, -0.15) is 5.09 Å². The van der Waals surface area contributed by atoms with E-state index in [4.69, 9.17) is 41.7 Å². The molecule has 6 atom stereocenters. The monoisotopic (exact) mass is 579 g/mol. The molecule has 2 heterocycles. The zero-order valence-corrected chi connectivity index (χ0v) is 22.8. The largest absolute Gasteiger partial charge is 0.462 e. The van der Waals surface area contributed by atoms with E-state index < -0.39 is 67.0 Å². The van der Waals surface area contributed by atoms with Gasteiger partial charge in [0.15, 0.2) is 6.23 Å². The van der Waals surface area contributed by atoms with E-state index in [1.165, 1.54) is 26.0 Å². The molecule has 2 aromatic rings. The Hall–Kier alpha value is -2.18. The Bertz CT molecular complexity index is 1270. The third-order valence-corrected chi connectivity index (χ3v) is 7.65. The third-order valence-electron chi connectivity index (χ3n) is 5.33. The van der Waals surface area contributed by atoms with Gasteiger partial charge in [-0.3, -0.25) is 23.7 Å². The molecule has 1 aromatic heterocycles. The van der Waals surface area contributed by atoms with Crippen LogP contribution < -0.4 is 20.9 Å². The number of aliphatic hydroxyl groups excluding tert-OH is 1. The molecule has 37 heavy (non-hydrogen) atoms.